The summed E-state index contributed by atoms with van der Waals surface area (Å²) in [4.78, 5) is 28.4. The summed E-state index contributed by atoms with van der Waals surface area (Å²) in [6.45, 7) is 4.28. The molecule has 0 fully saturated rings. The molecule has 22 heavy (non-hydrogen) atoms. The van der Waals surface area contributed by atoms with Gasteiger partial charge in [-0.1, -0.05) is 13.3 Å². The first kappa shape index (κ1) is 15.7. The highest BCUT2D eigenvalue weighted by Crippen LogP contribution is 2.19. The highest BCUT2D eigenvalue weighted by atomic mass is 16.6. The number of anilines is 1. The van der Waals surface area contributed by atoms with Crippen LogP contribution in [0.3, 0.4) is 0 Å². The van der Waals surface area contributed by atoms with Crippen molar-refractivity contribution in [3.8, 4) is 0 Å². The van der Waals surface area contributed by atoms with Gasteiger partial charge in [-0.3, -0.25) is 19.8 Å². The van der Waals surface area contributed by atoms with Gasteiger partial charge in [-0.25, -0.2) is 0 Å². The Labute approximate surface area is 127 Å². The highest BCUT2D eigenvalue weighted by molar-refractivity contribution is 6.05. The van der Waals surface area contributed by atoms with Crippen molar-refractivity contribution in [1.82, 2.24) is 4.98 Å². The Morgan fingerprint density at radius 2 is 2.05 bits per heavy atom. The average Bonchev–Trinajstić information content (AvgIpc) is 2.94. The van der Waals surface area contributed by atoms with Crippen molar-refractivity contribution in [1.29, 1.82) is 0 Å². The second-order valence-electron chi connectivity index (χ2n) is 4.89. The minimum atomic E-state index is -0.499. The molecule has 0 spiro atoms. The normalized spacial score (nSPS) is 10.5. The van der Waals surface area contributed by atoms with Crippen molar-refractivity contribution >= 4 is 17.6 Å². The van der Waals surface area contributed by atoms with Gasteiger partial charge in [-0.15, -0.1) is 0 Å². The Balaban J connectivity index is 2.26. The predicted molar refractivity (Wildman–Crippen MR) is 80.9 cm³/mol. The number of aromatic nitrogens is 1. The maximum atomic E-state index is 12.6. The van der Waals surface area contributed by atoms with Crippen LogP contribution >= 0.6 is 0 Å². The number of nitro benzene ring substituents is 1. The predicted octanol–water partition coefficient (Wildman–Crippen LogP) is 3.34. The van der Waals surface area contributed by atoms with E-state index in [-0.39, 0.29) is 17.6 Å². The van der Waals surface area contributed by atoms with E-state index in [1.807, 2.05) is 6.92 Å². The SMILES string of the molecule is CCCCN(C(=O)c1ccc([N+](=O)[O-])cc1)c1nc(C)co1. The summed E-state index contributed by atoms with van der Waals surface area (Å²) in [6, 6.07) is 5.75. The maximum absolute atomic E-state index is 12.6. The number of carbonyl (C=O) groups is 1. The Hall–Kier alpha value is -2.70. The lowest BCUT2D eigenvalue weighted by Crippen LogP contribution is -2.32. The van der Waals surface area contributed by atoms with Crippen LogP contribution in [0.25, 0.3) is 0 Å². The number of carbonyl (C=O) groups excluding carboxylic acids is 1. The molecule has 7 nitrogen and oxygen atoms in total. The number of amides is 1. The van der Waals surface area contributed by atoms with Gasteiger partial charge in [0, 0.05) is 24.2 Å². The van der Waals surface area contributed by atoms with E-state index in [1.165, 1.54) is 35.4 Å². The number of rotatable bonds is 6. The van der Waals surface area contributed by atoms with Crippen LogP contribution < -0.4 is 4.90 Å². The molecule has 0 saturated carbocycles. The molecule has 0 unspecified atom stereocenters. The Morgan fingerprint density at radius 3 is 2.55 bits per heavy atom. The fourth-order valence-electron chi connectivity index (χ4n) is 1.95. The van der Waals surface area contributed by atoms with Crippen LogP contribution in [-0.4, -0.2) is 22.4 Å². The molecule has 0 aliphatic carbocycles. The third-order valence-electron chi connectivity index (χ3n) is 3.14. The van der Waals surface area contributed by atoms with Crippen molar-refractivity contribution < 1.29 is 14.1 Å². The monoisotopic (exact) mass is 303 g/mol. The Kier molecular flexibility index (Phi) is 4.88. The van der Waals surface area contributed by atoms with Crippen molar-refractivity contribution in [3.05, 3.63) is 51.9 Å². The largest absolute Gasteiger partial charge is 0.431 e. The van der Waals surface area contributed by atoms with Crippen LogP contribution in [0.4, 0.5) is 11.7 Å². The summed E-state index contributed by atoms with van der Waals surface area (Å²) < 4.78 is 5.31. The lowest BCUT2D eigenvalue weighted by molar-refractivity contribution is -0.384. The summed E-state index contributed by atoms with van der Waals surface area (Å²) in [7, 11) is 0. The van der Waals surface area contributed by atoms with Gasteiger partial charge < -0.3 is 4.42 Å². The lowest BCUT2D eigenvalue weighted by atomic mass is 10.1. The molecule has 1 aromatic heterocycles. The number of oxazole rings is 1. The fourth-order valence-corrected chi connectivity index (χ4v) is 1.95. The molecule has 0 aliphatic heterocycles. The van der Waals surface area contributed by atoms with Gasteiger partial charge in [0.05, 0.1) is 10.6 Å². The first-order chi connectivity index (χ1) is 10.5. The second-order valence-corrected chi connectivity index (χ2v) is 4.89. The van der Waals surface area contributed by atoms with E-state index in [1.54, 1.807) is 6.92 Å². The van der Waals surface area contributed by atoms with E-state index >= 15 is 0 Å². The molecule has 2 aromatic rings. The molecule has 0 bridgehead atoms. The van der Waals surface area contributed by atoms with Crippen LogP contribution in [-0.2, 0) is 0 Å². The number of hydrogen-bond acceptors (Lipinski definition) is 5. The molecule has 1 amide bonds. The van der Waals surface area contributed by atoms with Crippen LogP contribution in [0, 0.1) is 17.0 Å². The average molecular weight is 303 g/mol. The molecule has 1 heterocycles. The molecule has 2 rings (SSSR count). The second kappa shape index (κ2) is 6.84. The number of hydrogen-bond donors (Lipinski definition) is 0. The minimum Gasteiger partial charge on any atom is -0.431 e. The third kappa shape index (κ3) is 3.49. The van der Waals surface area contributed by atoms with E-state index in [4.69, 9.17) is 4.42 Å². The van der Waals surface area contributed by atoms with Crippen LogP contribution in [0.15, 0.2) is 34.9 Å². The molecule has 0 N–H and O–H groups in total. The molecule has 0 atom stereocenters. The van der Waals surface area contributed by atoms with Crippen molar-refractivity contribution in [2.75, 3.05) is 11.4 Å². The Bertz CT molecular complexity index is 664. The molecule has 1 aromatic carbocycles. The fraction of sp³-hybridized carbons (Fsp3) is 0.333. The number of benzene rings is 1. The first-order valence-corrected chi connectivity index (χ1v) is 7.01. The van der Waals surface area contributed by atoms with Gasteiger partial charge in [-0.05, 0) is 25.5 Å². The number of unbranched alkanes of at least 4 members (excludes halogenated alkanes) is 1. The smallest absolute Gasteiger partial charge is 0.304 e. The third-order valence-corrected chi connectivity index (χ3v) is 3.14. The number of non-ortho nitro benzene ring substituents is 1. The number of nitro groups is 1. The molecular weight excluding hydrogens is 286 g/mol. The number of aryl methyl sites for hydroxylation is 1. The van der Waals surface area contributed by atoms with Crippen LogP contribution in [0.1, 0.15) is 35.8 Å². The summed E-state index contributed by atoms with van der Waals surface area (Å²) >= 11 is 0. The van der Waals surface area contributed by atoms with Gasteiger partial charge in [0.15, 0.2) is 0 Å². The van der Waals surface area contributed by atoms with E-state index in [0.717, 1.165) is 12.8 Å². The van der Waals surface area contributed by atoms with E-state index in [0.29, 0.717) is 17.8 Å². The first-order valence-electron chi connectivity index (χ1n) is 7.01. The summed E-state index contributed by atoms with van der Waals surface area (Å²) in [5, 5.41) is 10.7. The van der Waals surface area contributed by atoms with Crippen molar-refractivity contribution in [2.45, 2.75) is 26.7 Å². The van der Waals surface area contributed by atoms with Crippen molar-refractivity contribution in [3.63, 3.8) is 0 Å². The Morgan fingerprint density at radius 1 is 1.36 bits per heavy atom. The van der Waals surface area contributed by atoms with Crippen LogP contribution in [0.2, 0.25) is 0 Å². The minimum absolute atomic E-state index is 0.0522. The molecular formula is C15H17N3O4. The van der Waals surface area contributed by atoms with E-state index < -0.39 is 4.92 Å². The quantitative estimate of drug-likeness (QED) is 0.603. The summed E-state index contributed by atoms with van der Waals surface area (Å²) in [5.41, 5.74) is 0.995. The molecule has 116 valence electrons. The van der Waals surface area contributed by atoms with Gasteiger partial charge in [0.1, 0.15) is 6.26 Å². The molecule has 7 heteroatoms. The zero-order valence-electron chi connectivity index (χ0n) is 12.5. The zero-order chi connectivity index (χ0) is 16.1. The van der Waals surface area contributed by atoms with E-state index in [9.17, 15) is 14.9 Å². The maximum Gasteiger partial charge on any atom is 0.304 e. The van der Waals surface area contributed by atoms with Crippen molar-refractivity contribution in [2.24, 2.45) is 0 Å². The molecule has 0 aliphatic rings. The highest BCUT2D eigenvalue weighted by Gasteiger charge is 2.22. The zero-order valence-corrected chi connectivity index (χ0v) is 12.5. The van der Waals surface area contributed by atoms with E-state index in [2.05, 4.69) is 4.98 Å². The standard InChI is InChI=1S/C15H17N3O4/c1-3-4-9-17(15-16-11(2)10-22-15)14(19)12-5-7-13(8-6-12)18(20)21/h5-8,10H,3-4,9H2,1-2H3. The number of nitrogens with zero attached hydrogens (tertiary/aromatic N) is 3. The van der Waals surface area contributed by atoms with Gasteiger partial charge in [-0.2, -0.15) is 4.98 Å². The summed E-state index contributed by atoms with van der Waals surface area (Å²) in [5.74, 6) is -0.287. The molecule has 0 radical (unpaired) electrons. The lowest BCUT2D eigenvalue weighted by Gasteiger charge is -2.18. The van der Waals surface area contributed by atoms with Crippen LogP contribution in [0.5, 0.6) is 0 Å². The summed E-state index contributed by atoms with van der Waals surface area (Å²) in [6.07, 6.45) is 3.21. The van der Waals surface area contributed by atoms with Gasteiger partial charge in [0.25, 0.3) is 11.6 Å². The molecule has 0 saturated heterocycles. The topological polar surface area (TPSA) is 89.5 Å². The van der Waals surface area contributed by atoms with Gasteiger partial charge >= 0.3 is 6.01 Å². The van der Waals surface area contributed by atoms with Gasteiger partial charge in [0.2, 0.25) is 0 Å².